The van der Waals surface area contributed by atoms with Crippen molar-refractivity contribution in [3.63, 3.8) is 0 Å². The van der Waals surface area contributed by atoms with E-state index in [-0.39, 0.29) is 0 Å². The molecule has 0 aliphatic rings. The molecule has 4 heteroatoms. The lowest BCUT2D eigenvalue weighted by Gasteiger charge is -2.00. The van der Waals surface area contributed by atoms with Gasteiger partial charge in [-0.3, -0.25) is 9.59 Å². The zero-order valence-corrected chi connectivity index (χ0v) is 10.9. The van der Waals surface area contributed by atoms with Gasteiger partial charge in [-0.15, -0.1) is 0 Å². The van der Waals surface area contributed by atoms with Crippen LogP contribution in [0.5, 0.6) is 0 Å². The number of rotatable bonds is 3. The van der Waals surface area contributed by atoms with Crippen LogP contribution in [-0.2, 0) is 0 Å². The number of hydrogen-bond acceptors (Lipinski definition) is 3. The quantitative estimate of drug-likeness (QED) is 0.584. The first kappa shape index (κ1) is 12.3. The first-order valence-electron chi connectivity index (χ1n) is 6.25. The van der Waals surface area contributed by atoms with Gasteiger partial charge in [-0.2, -0.15) is 0 Å². The molecule has 98 valence electrons. The summed E-state index contributed by atoms with van der Waals surface area (Å²) in [5, 5.41) is 0. The van der Waals surface area contributed by atoms with Crippen LogP contribution < -0.4 is 0 Å². The molecule has 4 nitrogen and oxygen atoms in total. The summed E-state index contributed by atoms with van der Waals surface area (Å²) in [6, 6.07) is 13.6. The third-order valence-corrected chi connectivity index (χ3v) is 3.10. The highest BCUT2D eigenvalue weighted by atomic mass is 16.2. The Labute approximate surface area is 115 Å². The van der Waals surface area contributed by atoms with Crippen molar-refractivity contribution in [1.29, 1.82) is 0 Å². The van der Waals surface area contributed by atoms with Crippen molar-refractivity contribution in [2.75, 3.05) is 0 Å². The number of aromatic nitrogens is 2. The van der Waals surface area contributed by atoms with Crippen LogP contribution >= 0.6 is 0 Å². The number of aryl methyl sites for hydroxylation is 1. The molecule has 1 heterocycles. The van der Waals surface area contributed by atoms with Crippen LogP contribution in [0.4, 0.5) is 0 Å². The topological polar surface area (TPSA) is 62.8 Å². The molecule has 3 aromatic rings. The number of fused-ring (bicyclic) bond motifs is 1. The van der Waals surface area contributed by atoms with E-state index in [1.165, 1.54) is 0 Å². The van der Waals surface area contributed by atoms with E-state index in [0.29, 0.717) is 11.1 Å². The molecule has 0 saturated carbocycles. The second-order valence-electron chi connectivity index (χ2n) is 4.58. The van der Waals surface area contributed by atoms with Gasteiger partial charge in [0.1, 0.15) is 5.82 Å². The zero-order chi connectivity index (χ0) is 14.1. The van der Waals surface area contributed by atoms with Crippen molar-refractivity contribution in [3.05, 3.63) is 65.5 Å². The molecule has 0 saturated heterocycles. The molecule has 2 aromatic carbocycles. The average molecular weight is 264 g/mol. The van der Waals surface area contributed by atoms with Gasteiger partial charge < -0.3 is 4.98 Å². The SMILES string of the molecule is Cc1nc2ccc(C(=O)C(=O)c3ccccc3)cc2[nH]1. The maximum Gasteiger partial charge on any atom is 0.233 e. The number of aromatic amines is 1. The molecular formula is C16H12N2O2. The van der Waals surface area contributed by atoms with Gasteiger partial charge in [-0.05, 0) is 25.1 Å². The van der Waals surface area contributed by atoms with Crippen LogP contribution in [0.15, 0.2) is 48.5 Å². The third-order valence-electron chi connectivity index (χ3n) is 3.10. The Bertz CT molecular complexity index is 804. The van der Waals surface area contributed by atoms with Crippen LogP contribution in [0.1, 0.15) is 26.5 Å². The van der Waals surface area contributed by atoms with Gasteiger partial charge >= 0.3 is 0 Å². The minimum absolute atomic E-state index is 0.370. The molecule has 0 amide bonds. The molecule has 0 bridgehead atoms. The lowest BCUT2D eigenvalue weighted by atomic mass is 10.0. The predicted octanol–water partition coefficient (Wildman–Crippen LogP) is 2.94. The number of Topliss-reactive ketones (excluding diaryl/α,β-unsaturated/α-hetero) is 2. The molecule has 0 unspecified atom stereocenters. The number of benzene rings is 2. The first-order valence-corrected chi connectivity index (χ1v) is 6.25. The van der Waals surface area contributed by atoms with E-state index in [1.807, 2.05) is 6.92 Å². The fourth-order valence-corrected chi connectivity index (χ4v) is 2.13. The van der Waals surface area contributed by atoms with Gasteiger partial charge in [0.2, 0.25) is 11.6 Å². The van der Waals surface area contributed by atoms with Crippen LogP contribution in [0.3, 0.4) is 0 Å². The van der Waals surface area contributed by atoms with Gasteiger partial charge in [0.25, 0.3) is 0 Å². The standard InChI is InChI=1S/C16H12N2O2/c1-10-17-13-8-7-12(9-14(13)18-10)16(20)15(19)11-5-3-2-4-6-11/h2-9H,1H3,(H,17,18). The molecule has 0 aliphatic heterocycles. The van der Waals surface area contributed by atoms with E-state index in [1.54, 1.807) is 48.5 Å². The highest BCUT2D eigenvalue weighted by Gasteiger charge is 2.18. The maximum atomic E-state index is 12.2. The first-order chi connectivity index (χ1) is 9.65. The lowest BCUT2D eigenvalue weighted by molar-refractivity contribution is 0.0817. The van der Waals surface area contributed by atoms with Gasteiger partial charge in [0.15, 0.2) is 0 Å². The summed E-state index contributed by atoms with van der Waals surface area (Å²) in [5.41, 5.74) is 2.31. The molecule has 0 radical (unpaired) electrons. The second-order valence-corrected chi connectivity index (χ2v) is 4.58. The lowest BCUT2D eigenvalue weighted by Crippen LogP contribution is -2.14. The van der Waals surface area contributed by atoms with Crippen LogP contribution in [0.25, 0.3) is 11.0 Å². The van der Waals surface area contributed by atoms with Crippen LogP contribution in [-0.4, -0.2) is 21.5 Å². The summed E-state index contributed by atoms with van der Waals surface area (Å²) < 4.78 is 0. The van der Waals surface area contributed by atoms with E-state index in [4.69, 9.17) is 0 Å². The normalized spacial score (nSPS) is 10.7. The molecular weight excluding hydrogens is 252 g/mol. The minimum atomic E-state index is -0.509. The number of nitrogens with zero attached hydrogens (tertiary/aromatic N) is 1. The molecule has 3 rings (SSSR count). The van der Waals surface area contributed by atoms with E-state index in [0.717, 1.165) is 16.9 Å². The molecule has 0 spiro atoms. The van der Waals surface area contributed by atoms with Crippen molar-refractivity contribution in [3.8, 4) is 0 Å². The Balaban J connectivity index is 1.98. The molecule has 20 heavy (non-hydrogen) atoms. The monoisotopic (exact) mass is 264 g/mol. The summed E-state index contributed by atoms with van der Waals surface area (Å²) in [6.45, 7) is 1.84. The van der Waals surface area contributed by atoms with Gasteiger partial charge in [-0.25, -0.2) is 4.98 Å². The van der Waals surface area contributed by atoms with Crippen molar-refractivity contribution >= 4 is 22.6 Å². The summed E-state index contributed by atoms with van der Waals surface area (Å²) in [4.78, 5) is 31.6. The van der Waals surface area contributed by atoms with E-state index in [9.17, 15) is 9.59 Å². The zero-order valence-electron chi connectivity index (χ0n) is 10.9. The number of H-pyrrole nitrogens is 1. The molecule has 1 aromatic heterocycles. The summed E-state index contributed by atoms with van der Waals surface area (Å²) >= 11 is 0. The van der Waals surface area contributed by atoms with Crippen LogP contribution in [0.2, 0.25) is 0 Å². The Morgan fingerprint density at radius 3 is 2.40 bits per heavy atom. The maximum absolute atomic E-state index is 12.2. The Morgan fingerprint density at radius 1 is 0.950 bits per heavy atom. The minimum Gasteiger partial charge on any atom is -0.342 e. The van der Waals surface area contributed by atoms with Gasteiger partial charge in [-0.1, -0.05) is 30.3 Å². The summed E-state index contributed by atoms with van der Waals surface area (Å²) in [5.74, 6) is -0.231. The summed E-state index contributed by atoms with van der Waals surface area (Å²) in [6.07, 6.45) is 0. The number of hydrogen-bond donors (Lipinski definition) is 1. The van der Waals surface area contributed by atoms with Crippen molar-refractivity contribution in [1.82, 2.24) is 9.97 Å². The van der Waals surface area contributed by atoms with Crippen LogP contribution in [0, 0.1) is 6.92 Å². The van der Waals surface area contributed by atoms with Crippen molar-refractivity contribution in [2.24, 2.45) is 0 Å². The fraction of sp³-hybridized carbons (Fsp3) is 0.0625. The fourth-order valence-electron chi connectivity index (χ4n) is 2.13. The van der Waals surface area contributed by atoms with E-state index in [2.05, 4.69) is 9.97 Å². The smallest absolute Gasteiger partial charge is 0.233 e. The van der Waals surface area contributed by atoms with Crippen molar-refractivity contribution in [2.45, 2.75) is 6.92 Å². The summed E-state index contributed by atoms with van der Waals surface area (Å²) in [7, 11) is 0. The highest BCUT2D eigenvalue weighted by molar-refractivity contribution is 6.49. The number of carbonyl (C=O) groups excluding carboxylic acids is 2. The molecule has 0 fully saturated rings. The van der Waals surface area contributed by atoms with Gasteiger partial charge in [0.05, 0.1) is 11.0 Å². The molecule has 1 N–H and O–H groups in total. The average Bonchev–Trinajstić information content (AvgIpc) is 2.85. The Kier molecular flexibility index (Phi) is 2.91. The Morgan fingerprint density at radius 2 is 1.65 bits per heavy atom. The van der Waals surface area contributed by atoms with E-state index >= 15 is 0 Å². The predicted molar refractivity (Wildman–Crippen MR) is 75.9 cm³/mol. The Hall–Kier alpha value is -2.75. The largest absolute Gasteiger partial charge is 0.342 e. The third kappa shape index (κ3) is 2.12. The molecule has 0 aliphatic carbocycles. The highest BCUT2D eigenvalue weighted by Crippen LogP contribution is 2.15. The number of carbonyl (C=O) groups is 2. The van der Waals surface area contributed by atoms with Gasteiger partial charge in [0, 0.05) is 11.1 Å². The van der Waals surface area contributed by atoms with Crippen molar-refractivity contribution < 1.29 is 9.59 Å². The van der Waals surface area contributed by atoms with E-state index < -0.39 is 11.6 Å². The molecule has 0 atom stereocenters. The number of ketones is 2. The number of nitrogens with one attached hydrogen (secondary N) is 1. The second kappa shape index (κ2) is 4.74. The number of imidazole rings is 1.